The number of nitrogens with zero attached hydrogens (tertiary/aromatic N) is 2. The van der Waals surface area contributed by atoms with Gasteiger partial charge in [0.05, 0.1) is 17.2 Å². The third-order valence-electron chi connectivity index (χ3n) is 5.78. The molecule has 0 bridgehead atoms. The monoisotopic (exact) mass is 487 g/mol. The Morgan fingerprint density at radius 1 is 1.09 bits per heavy atom. The number of amides is 2. The van der Waals surface area contributed by atoms with Crippen LogP contribution in [0.25, 0.3) is 10.8 Å². The number of carbonyl (C=O) groups excluding carboxylic acids is 2. The van der Waals surface area contributed by atoms with Crippen molar-refractivity contribution in [1.29, 1.82) is 0 Å². The van der Waals surface area contributed by atoms with Gasteiger partial charge in [-0.25, -0.2) is 4.79 Å². The fourth-order valence-electron chi connectivity index (χ4n) is 4.09. The maximum Gasteiger partial charge on any atom is 0.409 e. The second-order valence-corrected chi connectivity index (χ2v) is 8.63. The van der Waals surface area contributed by atoms with Gasteiger partial charge in [0.25, 0.3) is 11.5 Å². The van der Waals surface area contributed by atoms with E-state index in [9.17, 15) is 14.4 Å². The number of aromatic nitrogens is 1. The molecule has 1 aromatic heterocycles. The fraction of sp³-hybridized carbons (Fsp3) is 0.292. The van der Waals surface area contributed by atoms with Crippen molar-refractivity contribution in [1.82, 2.24) is 9.47 Å². The van der Waals surface area contributed by atoms with Crippen LogP contribution in [0.1, 0.15) is 36.2 Å². The molecule has 7 nitrogen and oxygen atoms in total. The summed E-state index contributed by atoms with van der Waals surface area (Å²) in [5.74, 6) is -0.389. The van der Waals surface area contributed by atoms with E-state index in [-0.39, 0.29) is 28.6 Å². The first-order valence-corrected chi connectivity index (χ1v) is 11.5. The highest BCUT2D eigenvalue weighted by Gasteiger charge is 2.25. The highest BCUT2D eigenvalue weighted by atomic mass is 35.5. The number of hydrogen-bond donors (Lipinski definition) is 1. The molecule has 0 spiro atoms. The van der Waals surface area contributed by atoms with Gasteiger partial charge in [-0.1, -0.05) is 29.3 Å². The minimum absolute atomic E-state index is 0.0151. The number of fused-ring (bicyclic) bond motifs is 1. The Labute approximate surface area is 200 Å². The number of nitrogens with one attached hydrogen (secondary N) is 1. The molecule has 2 amide bonds. The zero-order chi connectivity index (χ0) is 23.5. The lowest BCUT2D eigenvalue weighted by Gasteiger charge is -2.32. The molecule has 33 heavy (non-hydrogen) atoms. The number of ether oxygens (including phenoxy) is 1. The van der Waals surface area contributed by atoms with Gasteiger partial charge in [0, 0.05) is 46.8 Å². The Balaban J connectivity index is 1.57. The zero-order valence-electron chi connectivity index (χ0n) is 18.0. The molecule has 2 heterocycles. The maximum atomic E-state index is 13.3. The predicted octanol–water partition coefficient (Wildman–Crippen LogP) is 5.35. The molecule has 1 aliphatic heterocycles. The molecule has 0 aliphatic carbocycles. The van der Waals surface area contributed by atoms with Crippen LogP contribution in [0, 0.1) is 0 Å². The fourth-order valence-corrected chi connectivity index (χ4v) is 4.59. The lowest BCUT2D eigenvalue weighted by molar-refractivity contribution is 0.0923. The molecule has 3 aromatic rings. The third-order valence-corrected chi connectivity index (χ3v) is 6.33. The summed E-state index contributed by atoms with van der Waals surface area (Å²) < 4.78 is 6.78. The van der Waals surface area contributed by atoms with Crippen molar-refractivity contribution in [2.24, 2.45) is 0 Å². The summed E-state index contributed by atoms with van der Waals surface area (Å²) in [6.45, 7) is 3.18. The number of anilines is 1. The SMILES string of the molecule is CCOC(=O)N1CCC(n2ccc3c(NC(=O)c4ccc(Cl)cc4Cl)cccc3c2=O)CC1. The van der Waals surface area contributed by atoms with Crippen LogP contribution in [0.5, 0.6) is 0 Å². The molecule has 4 rings (SSSR count). The van der Waals surface area contributed by atoms with E-state index in [0.29, 0.717) is 59.6 Å². The number of pyridine rings is 1. The standard InChI is InChI=1S/C24H23Cl2N3O4/c1-2-33-24(32)28-11-8-16(9-12-28)29-13-10-17-18(23(29)31)4-3-5-21(17)27-22(30)19-7-6-15(25)14-20(19)26/h3-7,10,13-14,16H,2,8-9,11-12H2,1H3,(H,27,30). The van der Waals surface area contributed by atoms with E-state index >= 15 is 0 Å². The molecule has 9 heteroatoms. The van der Waals surface area contributed by atoms with Gasteiger partial charge < -0.3 is 19.5 Å². The summed E-state index contributed by atoms with van der Waals surface area (Å²) in [6.07, 6.45) is 2.76. The molecule has 0 radical (unpaired) electrons. The van der Waals surface area contributed by atoms with Crippen molar-refractivity contribution in [2.75, 3.05) is 25.0 Å². The summed E-state index contributed by atoms with van der Waals surface area (Å²) >= 11 is 12.1. The summed E-state index contributed by atoms with van der Waals surface area (Å²) in [4.78, 5) is 39.6. The van der Waals surface area contributed by atoms with Gasteiger partial charge in [-0.15, -0.1) is 0 Å². The van der Waals surface area contributed by atoms with Crippen LogP contribution in [0.3, 0.4) is 0 Å². The second kappa shape index (κ2) is 9.85. The number of halogens is 2. The van der Waals surface area contributed by atoms with Gasteiger partial charge in [-0.2, -0.15) is 0 Å². The normalized spacial score (nSPS) is 14.3. The van der Waals surface area contributed by atoms with E-state index in [1.54, 1.807) is 52.9 Å². The van der Waals surface area contributed by atoms with Crippen molar-refractivity contribution in [3.63, 3.8) is 0 Å². The van der Waals surface area contributed by atoms with Gasteiger partial charge >= 0.3 is 6.09 Å². The molecule has 0 atom stereocenters. The number of carbonyl (C=O) groups is 2. The Hall–Kier alpha value is -3.03. The van der Waals surface area contributed by atoms with Gasteiger partial charge in [-0.3, -0.25) is 9.59 Å². The minimum atomic E-state index is -0.389. The zero-order valence-corrected chi connectivity index (χ0v) is 19.5. The van der Waals surface area contributed by atoms with E-state index in [2.05, 4.69) is 5.32 Å². The molecule has 1 aliphatic rings. The molecular weight excluding hydrogens is 465 g/mol. The Morgan fingerprint density at radius 2 is 1.85 bits per heavy atom. The largest absolute Gasteiger partial charge is 0.450 e. The first kappa shape index (κ1) is 23.1. The van der Waals surface area contributed by atoms with E-state index in [1.807, 2.05) is 6.07 Å². The van der Waals surface area contributed by atoms with Crippen LogP contribution < -0.4 is 10.9 Å². The quantitative estimate of drug-likeness (QED) is 0.537. The van der Waals surface area contributed by atoms with Crippen LogP contribution in [-0.2, 0) is 4.74 Å². The first-order valence-electron chi connectivity index (χ1n) is 10.7. The van der Waals surface area contributed by atoms with E-state index < -0.39 is 0 Å². The van der Waals surface area contributed by atoms with E-state index in [1.165, 1.54) is 6.07 Å². The van der Waals surface area contributed by atoms with Gasteiger partial charge in [0.2, 0.25) is 0 Å². The highest BCUT2D eigenvalue weighted by molar-refractivity contribution is 6.37. The summed E-state index contributed by atoms with van der Waals surface area (Å²) in [7, 11) is 0. The second-order valence-electron chi connectivity index (χ2n) is 7.79. The molecule has 1 fully saturated rings. The number of hydrogen-bond acceptors (Lipinski definition) is 4. The predicted molar refractivity (Wildman–Crippen MR) is 129 cm³/mol. The molecule has 1 saturated heterocycles. The van der Waals surface area contributed by atoms with E-state index in [4.69, 9.17) is 27.9 Å². The topological polar surface area (TPSA) is 80.6 Å². The first-order chi connectivity index (χ1) is 15.9. The van der Waals surface area contributed by atoms with Crippen LogP contribution in [0.4, 0.5) is 10.5 Å². The molecule has 1 N–H and O–H groups in total. The molecule has 2 aromatic carbocycles. The number of rotatable bonds is 4. The highest BCUT2D eigenvalue weighted by Crippen LogP contribution is 2.27. The van der Waals surface area contributed by atoms with Crippen molar-refractivity contribution in [3.05, 3.63) is 74.6 Å². The van der Waals surface area contributed by atoms with Crippen LogP contribution in [0.15, 0.2) is 53.5 Å². The van der Waals surface area contributed by atoms with Crippen LogP contribution in [-0.4, -0.2) is 41.2 Å². The summed E-state index contributed by atoms with van der Waals surface area (Å²) in [5.41, 5.74) is 0.673. The lowest BCUT2D eigenvalue weighted by Crippen LogP contribution is -2.41. The van der Waals surface area contributed by atoms with Crippen molar-refractivity contribution in [3.8, 4) is 0 Å². The number of piperidine rings is 1. The number of likely N-dealkylation sites (tertiary alicyclic amines) is 1. The summed E-state index contributed by atoms with van der Waals surface area (Å²) in [6, 6.07) is 11.7. The molecule has 0 unspecified atom stereocenters. The smallest absolute Gasteiger partial charge is 0.409 e. The minimum Gasteiger partial charge on any atom is -0.450 e. The Kier molecular flexibility index (Phi) is 6.91. The van der Waals surface area contributed by atoms with Gasteiger partial charge in [0.15, 0.2) is 0 Å². The number of benzene rings is 2. The van der Waals surface area contributed by atoms with Gasteiger partial charge in [0.1, 0.15) is 0 Å². The average molecular weight is 488 g/mol. The van der Waals surface area contributed by atoms with Crippen LogP contribution >= 0.6 is 23.2 Å². The van der Waals surface area contributed by atoms with E-state index in [0.717, 1.165) is 0 Å². The van der Waals surface area contributed by atoms with Crippen LogP contribution in [0.2, 0.25) is 10.0 Å². The van der Waals surface area contributed by atoms with Crippen molar-refractivity contribution >= 4 is 51.7 Å². The lowest BCUT2D eigenvalue weighted by atomic mass is 10.0. The molecular formula is C24H23Cl2N3O4. The van der Waals surface area contributed by atoms with Crippen molar-refractivity contribution < 1.29 is 14.3 Å². The third kappa shape index (κ3) is 4.84. The molecule has 0 saturated carbocycles. The average Bonchev–Trinajstić information content (AvgIpc) is 2.80. The molecule has 172 valence electrons. The maximum absolute atomic E-state index is 13.3. The Morgan fingerprint density at radius 3 is 2.55 bits per heavy atom. The van der Waals surface area contributed by atoms with Gasteiger partial charge in [-0.05, 0) is 56.2 Å². The van der Waals surface area contributed by atoms with Crippen molar-refractivity contribution in [2.45, 2.75) is 25.8 Å². The summed E-state index contributed by atoms with van der Waals surface area (Å²) in [5, 5.41) is 4.68. The Bertz CT molecular complexity index is 1270.